The Morgan fingerprint density at radius 3 is 2.55 bits per heavy atom. The number of carbonyl (C=O) groups is 1. The number of ether oxygens (including phenoxy) is 1. The minimum Gasteiger partial charge on any atom is -0.488 e. The maximum Gasteiger partial charge on any atom is 0.241 e. The van der Waals surface area contributed by atoms with Gasteiger partial charge in [-0.3, -0.25) is 4.79 Å². The van der Waals surface area contributed by atoms with E-state index in [2.05, 4.69) is 0 Å². The van der Waals surface area contributed by atoms with Gasteiger partial charge in [-0.2, -0.15) is 0 Å². The summed E-state index contributed by atoms with van der Waals surface area (Å²) in [4.78, 5) is 10.8. The van der Waals surface area contributed by atoms with Gasteiger partial charge < -0.3 is 10.5 Å². The zero-order valence-corrected chi connectivity index (χ0v) is 11.5. The van der Waals surface area contributed by atoms with Gasteiger partial charge in [-0.25, -0.2) is 0 Å². The third kappa shape index (κ3) is 4.14. The average Bonchev–Trinajstić information content (AvgIpc) is 2.45. The van der Waals surface area contributed by atoms with Crippen LogP contribution < -0.4 is 10.5 Å². The molecule has 3 nitrogen and oxygen atoms in total. The molecule has 2 rings (SSSR count). The van der Waals surface area contributed by atoms with Gasteiger partial charge in [-0.05, 0) is 29.8 Å². The lowest BCUT2D eigenvalue weighted by Gasteiger charge is -2.09. The quantitative estimate of drug-likeness (QED) is 0.857. The van der Waals surface area contributed by atoms with Crippen molar-refractivity contribution in [1.82, 2.24) is 0 Å². The van der Waals surface area contributed by atoms with Crippen molar-refractivity contribution in [3.05, 3.63) is 70.8 Å². The van der Waals surface area contributed by atoms with Gasteiger partial charge in [0.05, 0.1) is 0 Å². The van der Waals surface area contributed by atoms with Crippen molar-refractivity contribution in [2.24, 2.45) is 5.73 Å². The minimum absolute atomic E-state index is 0.429. The van der Waals surface area contributed by atoms with Crippen LogP contribution in [0.25, 0.3) is 6.08 Å². The number of benzene rings is 2. The van der Waals surface area contributed by atoms with Gasteiger partial charge in [0, 0.05) is 16.7 Å². The molecule has 20 heavy (non-hydrogen) atoms. The summed E-state index contributed by atoms with van der Waals surface area (Å²) in [5, 5.41) is 0.693. The first-order valence-corrected chi connectivity index (χ1v) is 6.47. The summed E-state index contributed by atoms with van der Waals surface area (Å²) < 4.78 is 5.75. The van der Waals surface area contributed by atoms with Crippen LogP contribution in [0.5, 0.6) is 5.75 Å². The first-order chi connectivity index (χ1) is 9.65. The Hall–Kier alpha value is -2.26. The van der Waals surface area contributed by atoms with E-state index in [1.165, 1.54) is 6.08 Å². The van der Waals surface area contributed by atoms with Crippen molar-refractivity contribution < 1.29 is 9.53 Å². The van der Waals surface area contributed by atoms with Crippen molar-refractivity contribution in [3.8, 4) is 5.75 Å². The first kappa shape index (κ1) is 14.2. The summed E-state index contributed by atoms with van der Waals surface area (Å²) >= 11 is 5.83. The smallest absolute Gasteiger partial charge is 0.241 e. The first-order valence-electron chi connectivity index (χ1n) is 6.09. The number of primary amides is 1. The number of rotatable bonds is 5. The van der Waals surface area contributed by atoms with Crippen LogP contribution in [0, 0.1) is 0 Å². The standard InChI is InChI=1S/C16H14ClNO2/c17-14-8-5-12(6-9-14)11-20-15-4-2-1-3-13(15)7-10-16(18)19/h1-10H,11H2,(H2,18,19)/b10-7+. The van der Waals surface area contributed by atoms with E-state index in [9.17, 15) is 4.79 Å². The highest BCUT2D eigenvalue weighted by atomic mass is 35.5. The van der Waals surface area contributed by atoms with E-state index in [4.69, 9.17) is 22.1 Å². The number of amides is 1. The Morgan fingerprint density at radius 2 is 1.85 bits per heavy atom. The summed E-state index contributed by atoms with van der Waals surface area (Å²) in [5.74, 6) is 0.206. The molecule has 0 aliphatic carbocycles. The molecule has 0 heterocycles. The van der Waals surface area contributed by atoms with E-state index < -0.39 is 5.91 Å². The normalized spacial score (nSPS) is 10.7. The molecule has 0 aliphatic rings. The lowest BCUT2D eigenvalue weighted by molar-refractivity contribution is -0.113. The summed E-state index contributed by atoms with van der Waals surface area (Å²) in [6.45, 7) is 0.429. The van der Waals surface area contributed by atoms with Crippen LogP contribution in [0.2, 0.25) is 5.02 Å². The summed E-state index contributed by atoms with van der Waals surface area (Å²) in [7, 11) is 0. The molecule has 0 fully saturated rings. The lowest BCUT2D eigenvalue weighted by atomic mass is 10.2. The van der Waals surface area contributed by atoms with Crippen LogP contribution in [0.1, 0.15) is 11.1 Å². The predicted octanol–water partition coefficient (Wildman–Crippen LogP) is 3.42. The molecular formula is C16H14ClNO2. The second kappa shape index (κ2) is 6.78. The lowest BCUT2D eigenvalue weighted by Crippen LogP contribution is -2.05. The summed E-state index contributed by atoms with van der Waals surface area (Å²) in [6, 6.07) is 14.9. The molecule has 0 saturated heterocycles. The Bertz CT molecular complexity index is 621. The summed E-state index contributed by atoms with van der Waals surface area (Å²) in [5.41, 5.74) is 6.91. The third-order valence-electron chi connectivity index (χ3n) is 2.65. The second-order valence-electron chi connectivity index (χ2n) is 4.19. The highest BCUT2D eigenvalue weighted by molar-refractivity contribution is 6.30. The van der Waals surface area contributed by atoms with Crippen molar-refractivity contribution >= 4 is 23.6 Å². The van der Waals surface area contributed by atoms with Gasteiger partial charge in [0.1, 0.15) is 12.4 Å². The number of hydrogen-bond acceptors (Lipinski definition) is 2. The van der Waals surface area contributed by atoms with Crippen molar-refractivity contribution in [1.29, 1.82) is 0 Å². The van der Waals surface area contributed by atoms with E-state index in [1.54, 1.807) is 6.08 Å². The Morgan fingerprint density at radius 1 is 1.15 bits per heavy atom. The van der Waals surface area contributed by atoms with E-state index in [0.29, 0.717) is 17.4 Å². The molecule has 0 spiro atoms. The van der Waals surface area contributed by atoms with Gasteiger partial charge in [0.2, 0.25) is 5.91 Å². The fraction of sp³-hybridized carbons (Fsp3) is 0.0625. The second-order valence-corrected chi connectivity index (χ2v) is 4.63. The zero-order valence-electron chi connectivity index (χ0n) is 10.8. The number of nitrogens with two attached hydrogens (primary N) is 1. The number of halogens is 1. The molecule has 2 aromatic rings. The molecule has 0 radical (unpaired) electrons. The van der Waals surface area contributed by atoms with Gasteiger partial charge in [0.25, 0.3) is 0 Å². The predicted molar refractivity (Wildman–Crippen MR) is 80.5 cm³/mol. The van der Waals surface area contributed by atoms with E-state index in [1.807, 2.05) is 48.5 Å². The number of hydrogen-bond donors (Lipinski definition) is 1. The molecule has 2 aromatic carbocycles. The Balaban J connectivity index is 2.09. The highest BCUT2D eigenvalue weighted by Gasteiger charge is 2.01. The molecule has 4 heteroatoms. The van der Waals surface area contributed by atoms with Crippen LogP contribution in [0.3, 0.4) is 0 Å². The van der Waals surface area contributed by atoms with Crippen LogP contribution >= 0.6 is 11.6 Å². The van der Waals surface area contributed by atoms with Gasteiger partial charge in [0.15, 0.2) is 0 Å². The molecule has 0 saturated carbocycles. The highest BCUT2D eigenvalue weighted by Crippen LogP contribution is 2.21. The molecule has 0 bridgehead atoms. The fourth-order valence-electron chi connectivity index (χ4n) is 1.66. The largest absolute Gasteiger partial charge is 0.488 e. The molecule has 0 aromatic heterocycles. The van der Waals surface area contributed by atoms with Gasteiger partial charge >= 0.3 is 0 Å². The maximum absolute atomic E-state index is 10.8. The van der Waals surface area contributed by atoms with E-state index in [0.717, 1.165) is 11.1 Å². The third-order valence-corrected chi connectivity index (χ3v) is 2.91. The number of para-hydroxylation sites is 1. The summed E-state index contributed by atoms with van der Waals surface area (Å²) in [6.07, 6.45) is 2.95. The van der Waals surface area contributed by atoms with Gasteiger partial charge in [-0.1, -0.05) is 41.9 Å². The molecule has 0 aliphatic heterocycles. The SMILES string of the molecule is NC(=O)/C=C/c1ccccc1OCc1ccc(Cl)cc1. The molecule has 102 valence electrons. The fourth-order valence-corrected chi connectivity index (χ4v) is 1.79. The van der Waals surface area contributed by atoms with Crippen LogP contribution in [0.15, 0.2) is 54.6 Å². The number of carbonyl (C=O) groups excluding carboxylic acids is 1. The molecular weight excluding hydrogens is 274 g/mol. The van der Waals surface area contributed by atoms with Crippen molar-refractivity contribution in [3.63, 3.8) is 0 Å². The molecule has 1 amide bonds. The Labute approximate surface area is 122 Å². The molecule has 0 unspecified atom stereocenters. The molecule has 0 atom stereocenters. The van der Waals surface area contributed by atoms with Crippen LogP contribution in [-0.2, 0) is 11.4 Å². The van der Waals surface area contributed by atoms with E-state index in [-0.39, 0.29) is 0 Å². The topological polar surface area (TPSA) is 52.3 Å². The van der Waals surface area contributed by atoms with Crippen molar-refractivity contribution in [2.75, 3.05) is 0 Å². The zero-order chi connectivity index (χ0) is 14.4. The molecule has 2 N–H and O–H groups in total. The van der Waals surface area contributed by atoms with Crippen LogP contribution in [-0.4, -0.2) is 5.91 Å². The Kier molecular flexibility index (Phi) is 4.80. The minimum atomic E-state index is -0.488. The average molecular weight is 288 g/mol. The van der Waals surface area contributed by atoms with Crippen LogP contribution in [0.4, 0.5) is 0 Å². The van der Waals surface area contributed by atoms with Gasteiger partial charge in [-0.15, -0.1) is 0 Å². The van der Waals surface area contributed by atoms with E-state index >= 15 is 0 Å². The maximum atomic E-state index is 10.8. The van der Waals surface area contributed by atoms with Crippen molar-refractivity contribution in [2.45, 2.75) is 6.61 Å². The monoisotopic (exact) mass is 287 g/mol.